The van der Waals surface area contributed by atoms with Gasteiger partial charge in [-0.05, 0) is 121 Å². The molecule has 0 bridgehead atoms. The molecule has 17 rings (SSSR count). The minimum absolute atomic E-state index is 0. The first-order valence-corrected chi connectivity index (χ1v) is 31.3. The van der Waals surface area contributed by atoms with E-state index in [1.54, 1.807) is 6.20 Å². The smallest absolute Gasteiger partial charge is 0.124 e. The molecule has 6 aliphatic heterocycles. The van der Waals surface area contributed by atoms with Crippen molar-refractivity contribution < 1.29 is 110 Å². The predicted octanol–water partition coefficient (Wildman–Crippen LogP) is 16.0. The summed E-state index contributed by atoms with van der Waals surface area (Å²) in [5.41, 5.74) is 17.7. The van der Waals surface area contributed by atoms with E-state index in [1.807, 2.05) is 187 Å². The third-order valence-electron chi connectivity index (χ3n) is 16.2. The number of para-hydroxylation sites is 1. The van der Waals surface area contributed by atoms with Crippen LogP contribution in [-0.2, 0) is 101 Å². The molecule has 0 amide bonds. The van der Waals surface area contributed by atoms with Gasteiger partial charge in [-0.1, -0.05) is 49.9 Å². The largest absolute Gasteiger partial charge is 0.544 e. The van der Waals surface area contributed by atoms with Gasteiger partial charge in [0.05, 0.1) is 11.4 Å². The zero-order chi connectivity index (χ0) is 65.5. The summed E-state index contributed by atoms with van der Waals surface area (Å²) in [7, 11) is 8.10. The molecule has 0 unspecified atom stereocenters. The van der Waals surface area contributed by atoms with Crippen molar-refractivity contribution in [1.29, 1.82) is 0 Å². The molecule has 0 atom stereocenters. The van der Waals surface area contributed by atoms with Gasteiger partial charge in [0.1, 0.15) is 42.3 Å². The second-order valence-corrected chi connectivity index (χ2v) is 23.2. The number of aryl methyl sites for hydroxylation is 4. The average Bonchev–Trinajstić information content (AvgIpc) is 1.66. The van der Waals surface area contributed by atoms with E-state index in [9.17, 15) is 0 Å². The molecule has 0 saturated carbocycles. The maximum absolute atomic E-state index is 5.62. The van der Waals surface area contributed by atoms with E-state index in [4.69, 9.17) is 9.47 Å². The molecule has 0 fully saturated rings. The van der Waals surface area contributed by atoms with E-state index in [1.165, 1.54) is 33.4 Å². The van der Waals surface area contributed by atoms with Crippen LogP contribution >= 0.6 is 0 Å². The maximum Gasteiger partial charge on any atom is 0.124 e. The topological polar surface area (TPSA) is 115 Å². The molecule has 6 aliphatic rings. The zero-order valence-electron chi connectivity index (χ0n) is 56.3. The first-order chi connectivity index (χ1) is 46.3. The number of pyridine rings is 5. The molecule has 11 heterocycles. The normalized spacial score (nSPS) is 13.6. The van der Waals surface area contributed by atoms with Crippen LogP contribution in [0.5, 0.6) is 11.5 Å². The van der Waals surface area contributed by atoms with Gasteiger partial charge >= 0.3 is 0 Å². The number of anilines is 15. The molecule has 0 spiro atoms. The van der Waals surface area contributed by atoms with E-state index in [0.717, 1.165) is 104 Å². The number of hydrogen-bond acceptors (Lipinski definition) is 17. The summed E-state index contributed by atoms with van der Waals surface area (Å²) in [5, 5.41) is 0. The van der Waals surface area contributed by atoms with Crippen molar-refractivity contribution in [3.8, 4) is 22.6 Å². The molecule has 100 heavy (non-hydrogen) atoms. The number of nitrogens with zero attached hydrogens (tertiary/aromatic N) is 15. The Hall–Kier alpha value is -8.08. The van der Waals surface area contributed by atoms with Crippen LogP contribution < -0.4 is 58.5 Å². The summed E-state index contributed by atoms with van der Waals surface area (Å²) < 4.78 is 11.1. The molecule has 0 aliphatic carbocycles. The Morgan fingerprint density at radius 3 is 1.30 bits per heavy atom. The van der Waals surface area contributed by atoms with Crippen molar-refractivity contribution in [2.24, 2.45) is 0 Å². The van der Waals surface area contributed by atoms with E-state index in [2.05, 4.69) is 209 Å². The molecule has 5 aromatic heterocycles. The Morgan fingerprint density at radius 1 is 0.360 bits per heavy atom. The molecular formula is C78H71Ir5N15O2-10. The summed E-state index contributed by atoms with van der Waals surface area (Å²) in [5.74, 6) is 6.26. The zero-order valence-corrected chi connectivity index (χ0v) is 68.2. The minimum Gasteiger partial charge on any atom is -0.544 e. The van der Waals surface area contributed by atoms with Crippen LogP contribution in [0.2, 0.25) is 0 Å². The maximum atomic E-state index is 5.62. The summed E-state index contributed by atoms with van der Waals surface area (Å²) in [6, 6.07) is 73.1. The fourth-order valence-electron chi connectivity index (χ4n) is 11.5. The van der Waals surface area contributed by atoms with Crippen LogP contribution in [0.25, 0.3) is 11.1 Å². The van der Waals surface area contributed by atoms with Crippen LogP contribution in [0.15, 0.2) is 201 Å². The average molecular weight is 2210 g/mol. The van der Waals surface area contributed by atoms with Gasteiger partial charge in [0.25, 0.3) is 0 Å². The number of aromatic nitrogens is 5. The molecular weight excluding hydrogens is 2140 g/mol. The van der Waals surface area contributed by atoms with Gasteiger partial charge in [-0.3, -0.25) is 0 Å². The minimum atomic E-state index is 0. The van der Waals surface area contributed by atoms with Gasteiger partial charge < -0.3 is 58.5 Å². The molecule has 0 N–H and O–H groups in total. The number of fused-ring (bicyclic) bond motifs is 6. The molecule has 0 saturated heterocycles. The van der Waals surface area contributed by atoms with Crippen molar-refractivity contribution in [2.45, 2.75) is 34.6 Å². The Morgan fingerprint density at radius 2 is 0.800 bits per heavy atom. The van der Waals surface area contributed by atoms with Crippen molar-refractivity contribution >= 4 is 86.0 Å². The molecule has 525 valence electrons. The third-order valence-corrected chi connectivity index (χ3v) is 16.2. The predicted molar refractivity (Wildman–Crippen MR) is 382 cm³/mol. The molecule has 17 nitrogen and oxygen atoms in total. The first kappa shape index (κ1) is 77.7. The number of hydrogen-bond donors (Lipinski definition) is 0. The van der Waals surface area contributed by atoms with Crippen LogP contribution in [0.3, 0.4) is 0 Å². The first-order valence-electron chi connectivity index (χ1n) is 31.3. The van der Waals surface area contributed by atoms with E-state index in [-0.39, 0.29) is 101 Å². The Labute approximate surface area is 656 Å². The standard InChI is InChI=1S/C19H15N3.C15H13N3O2.2C15H15N3.C14H13N3.5Ir/c1-21-14-22(19-18(21)11-6-12-20-19)17-10-5-9-16(13-17)15-7-3-2-4-8-15;1-17-10-18(15-12(17)3-2-6-16-15)11-4-5-13-14(9-11)20-8-7-19-13;2*1-11-5-4-6-13(7-11)18-10-17(3)14-8-12(2)9-16-15(14)18;1-2-16-11-17(12-7-4-3-5-8-12)13-9-6-10-15-14(13)16;;;;;/h2-9,11-14H,1H3;2-3,5-6,9-10H,7-8H2,1H3;2*4-5,7-10H,1-3H3;3-7,9-11H,2H2,1H3;;;;;/q5*-2;;;;;. The van der Waals surface area contributed by atoms with Gasteiger partial charge in [0.2, 0.25) is 0 Å². The number of benzene rings is 6. The Kier molecular flexibility index (Phi) is 27.6. The van der Waals surface area contributed by atoms with Crippen LogP contribution in [0, 0.1) is 91.4 Å². The third kappa shape index (κ3) is 17.3. The summed E-state index contributed by atoms with van der Waals surface area (Å²) in [6.07, 6.45) is 9.23. The van der Waals surface area contributed by atoms with Crippen molar-refractivity contribution in [1.82, 2.24) is 24.9 Å². The van der Waals surface area contributed by atoms with Crippen molar-refractivity contribution in [2.75, 3.05) is 96.9 Å². The quantitative estimate of drug-likeness (QED) is 0.141. The van der Waals surface area contributed by atoms with Crippen LogP contribution in [-0.4, -0.2) is 72.9 Å². The van der Waals surface area contributed by atoms with Gasteiger partial charge in [0.15, 0.2) is 0 Å². The fraction of sp³-hybridized carbons (Fsp3) is 0.154. The second kappa shape index (κ2) is 35.5. The Bertz CT molecular complexity index is 4380. The van der Waals surface area contributed by atoms with Gasteiger partial charge in [-0.2, -0.15) is 135 Å². The molecule has 5 radical (unpaired) electrons. The van der Waals surface area contributed by atoms with E-state index >= 15 is 0 Å². The fourth-order valence-corrected chi connectivity index (χ4v) is 11.5. The Balaban J connectivity index is 0.000000157. The van der Waals surface area contributed by atoms with Gasteiger partial charge in [-0.25, -0.2) is 24.9 Å². The van der Waals surface area contributed by atoms with Crippen molar-refractivity contribution in [3.05, 3.63) is 287 Å². The van der Waals surface area contributed by atoms with Gasteiger partial charge in [0, 0.05) is 160 Å². The van der Waals surface area contributed by atoms with Crippen LogP contribution in [0.1, 0.15) is 29.2 Å². The summed E-state index contributed by atoms with van der Waals surface area (Å²) in [4.78, 5) is 43.2. The SMILES string of the molecule is CCN1[CH-]N(c2[c-]cccc2)c2cccnc21.CN1[CH-]N(c2[c-]cc3c(c2)OCCO3)c2ncccc21.CN1[CH-]N(c2[c-]ccc(-c3ccccc3)c2)c2ncccc21.Cc1cc[c-]c(N2[CH-]N(C)c3cc(C)cnc32)c1.Cc1cc[c-]c(N2[CH-]N(C)c3cc(C)cnc32)c1.[Ir].[Ir].[Ir].[Ir].[Ir]. The summed E-state index contributed by atoms with van der Waals surface area (Å²) >= 11 is 0. The monoisotopic (exact) mass is 2210 g/mol. The second-order valence-electron chi connectivity index (χ2n) is 23.2. The van der Waals surface area contributed by atoms with Gasteiger partial charge in [-0.15, -0.1) is 58.6 Å². The van der Waals surface area contributed by atoms with Crippen molar-refractivity contribution in [3.63, 3.8) is 0 Å². The summed E-state index contributed by atoms with van der Waals surface area (Å²) in [6.45, 7) is 22.7. The molecule has 11 aromatic rings. The van der Waals surface area contributed by atoms with E-state index in [0.29, 0.717) is 13.2 Å². The van der Waals surface area contributed by atoms with E-state index < -0.39 is 0 Å². The molecule has 22 heteroatoms. The molecule has 6 aromatic carbocycles. The van der Waals surface area contributed by atoms with Crippen LogP contribution in [0.4, 0.5) is 86.0 Å². The number of rotatable bonds is 7. The number of ether oxygens (including phenoxy) is 2.